The number of nitriles is 1. The van der Waals surface area contributed by atoms with Gasteiger partial charge in [-0.15, -0.1) is 0 Å². The molecule has 1 aliphatic heterocycles. The lowest BCUT2D eigenvalue weighted by molar-refractivity contribution is -0.142. The predicted octanol–water partition coefficient (Wildman–Crippen LogP) is 4.45. The Hall–Kier alpha value is -3.67. The van der Waals surface area contributed by atoms with Crippen LogP contribution in [0.3, 0.4) is 0 Å². The Bertz CT molecular complexity index is 1200. The van der Waals surface area contributed by atoms with E-state index in [0.717, 1.165) is 22.4 Å². The number of carbonyl (C=O) groups is 3. The molecule has 1 N–H and O–H groups in total. The van der Waals surface area contributed by atoms with E-state index in [2.05, 4.69) is 4.74 Å². The number of halogens is 1. The maximum atomic E-state index is 12.8. The van der Waals surface area contributed by atoms with E-state index >= 15 is 0 Å². The molecule has 0 saturated carbocycles. The van der Waals surface area contributed by atoms with Gasteiger partial charge < -0.3 is 14.3 Å². The second-order valence-corrected chi connectivity index (χ2v) is 8.28. The van der Waals surface area contributed by atoms with Crippen LogP contribution in [0.2, 0.25) is 5.02 Å². The van der Waals surface area contributed by atoms with Gasteiger partial charge in [0.1, 0.15) is 23.2 Å². The maximum Gasteiger partial charge on any atom is 0.293 e. The van der Waals surface area contributed by atoms with Gasteiger partial charge in [0.05, 0.1) is 19.3 Å². The highest BCUT2D eigenvalue weighted by Gasteiger charge is 2.36. The zero-order valence-electron chi connectivity index (χ0n) is 20.0. The minimum absolute atomic E-state index is 0.128. The zero-order chi connectivity index (χ0) is 26.1. The Morgan fingerprint density at radius 3 is 2.49 bits per heavy atom. The molecule has 1 unspecified atom stereocenters. The number of imide groups is 1. The smallest absolute Gasteiger partial charge is 0.293 e. The van der Waals surface area contributed by atoms with Crippen molar-refractivity contribution in [2.45, 2.75) is 40.2 Å². The summed E-state index contributed by atoms with van der Waals surface area (Å²) >= 11 is 6.06. The van der Waals surface area contributed by atoms with E-state index < -0.39 is 17.9 Å². The summed E-state index contributed by atoms with van der Waals surface area (Å²) in [4.78, 5) is 35.5. The highest BCUT2D eigenvalue weighted by atomic mass is 35.5. The Morgan fingerprint density at radius 1 is 1.23 bits per heavy atom. The molecule has 0 bridgehead atoms. The number of aliphatic hydroxyl groups excluding tert-OH is 1. The van der Waals surface area contributed by atoms with Crippen LogP contribution in [0.4, 0.5) is 0 Å². The Labute approximate surface area is 209 Å². The van der Waals surface area contributed by atoms with Gasteiger partial charge in [-0.1, -0.05) is 18.5 Å². The summed E-state index contributed by atoms with van der Waals surface area (Å²) < 4.78 is 10.1. The Morgan fingerprint density at radius 2 is 1.94 bits per heavy atom. The van der Waals surface area contributed by atoms with Crippen LogP contribution in [-0.2, 0) is 19.1 Å². The van der Waals surface area contributed by atoms with E-state index in [4.69, 9.17) is 16.0 Å². The third kappa shape index (κ3) is 6.92. The minimum Gasteiger partial charge on any atom is -0.468 e. The first kappa shape index (κ1) is 27.6. The van der Waals surface area contributed by atoms with Gasteiger partial charge in [-0.25, -0.2) is 0 Å². The van der Waals surface area contributed by atoms with Crippen LogP contribution in [-0.4, -0.2) is 47.5 Å². The van der Waals surface area contributed by atoms with Gasteiger partial charge in [0.2, 0.25) is 0 Å². The molecule has 35 heavy (non-hydrogen) atoms. The van der Waals surface area contributed by atoms with Crippen molar-refractivity contribution in [3.63, 3.8) is 0 Å². The molecule has 0 saturated heterocycles. The van der Waals surface area contributed by atoms with Gasteiger partial charge in [-0.3, -0.25) is 19.3 Å². The van der Waals surface area contributed by atoms with E-state index in [9.17, 15) is 24.8 Å². The number of β-amino-alcohol motifs (C(OH)–C–C–N with tert-alkyl or cyclic N) is 1. The van der Waals surface area contributed by atoms with Crippen molar-refractivity contribution in [2.75, 3.05) is 13.2 Å². The predicted molar refractivity (Wildman–Crippen MR) is 131 cm³/mol. The second kappa shape index (κ2) is 12.7. The fraction of sp³-hybridized carbons (Fsp3) is 0.308. The first-order valence-electron chi connectivity index (χ1n) is 10.9. The molecule has 3 rings (SSSR count). The molecule has 8 nitrogen and oxygen atoms in total. The third-order valence-electron chi connectivity index (χ3n) is 5.02. The highest BCUT2D eigenvalue weighted by Crippen LogP contribution is 2.30. The number of benzene rings is 1. The summed E-state index contributed by atoms with van der Waals surface area (Å²) in [6.07, 6.45) is 1.49. The molecular formula is C26H27ClN2O6. The summed E-state index contributed by atoms with van der Waals surface area (Å²) in [7, 11) is 0. The summed E-state index contributed by atoms with van der Waals surface area (Å²) in [5, 5.41) is 19.6. The van der Waals surface area contributed by atoms with Crippen molar-refractivity contribution in [3.8, 4) is 17.4 Å². The van der Waals surface area contributed by atoms with Gasteiger partial charge in [-0.2, -0.15) is 5.26 Å². The lowest BCUT2D eigenvalue weighted by Crippen LogP contribution is -2.45. The number of aliphatic hydroxyl groups is 1. The number of aryl methyl sites for hydroxylation is 1. The number of rotatable bonds is 7. The molecule has 0 radical (unpaired) electrons. The average molecular weight is 499 g/mol. The molecule has 184 valence electrons. The lowest BCUT2D eigenvalue weighted by Gasteiger charge is -2.28. The summed E-state index contributed by atoms with van der Waals surface area (Å²) in [6, 6.07) is 10.8. The normalized spacial score (nSPS) is 15.5. The van der Waals surface area contributed by atoms with Crippen LogP contribution in [0.25, 0.3) is 17.4 Å². The molecular weight excluding hydrogens is 472 g/mol. The van der Waals surface area contributed by atoms with Gasteiger partial charge in [0.25, 0.3) is 18.3 Å². The molecule has 2 heterocycles. The Balaban J connectivity index is 0.000000641. The number of hydrogen-bond acceptors (Lipinski definition) is 7. The van der Waals surface area contributed by atoms with E-state index in [0.29, 0.717) is 29.6 Å². The Kier molecular flexibility index (Phi) is 10.0. The quantitative estimate of drug-likeness (QED) is 0.259. The van der Waals surface area contributed by atoms with Crippen molar-refractivity contribution in [1.29, 1.82) is 5.26 Å². The monoisotopic (exact) mass is 498 g/mol. The number of hydrogen-bond donors (Lipinski definition) is 1. The molecule has 2 aromatic rings. The van der Waals surface area contributed by atoms with E-state index in [1.54, 1.807) is 25.1 Å². The summed E-state index contributed by atoms with van der Waals surface area (Å²) in [5.41, 5.74) is 2.08. The van der Waals surface area contributed by atoms with Gasteiger partial charge in [0, 0.05) is 16.2 Å². The molecule has 0 spiro atoms. The highest BCUT2D eigenvalue weighted by molar-refractivity contribution is 6.31. The van der Waals surface area contributed by atoms with E-state index in [1.165, 1.54) is 13.0 Å². The van der Waals surface area contributed by atoms with E-state index in [1.807, 2.05) is 32.0 Å². The molecule has 1 atom stereocenters. The number of nitrogens with zero attached hydrogens (tertiary/aromatic N) is 2. The fourth-order valence-corrected chi connectivity index (χ4v) is 3.37. The molecule has 0 fully saturated rings. The second-order valence-electron chi connectivity index (χ2n) is 7.87. The van der Waals surface area contributed by atoms with E-state index in [-0.39, 0.29) is 23.3 Å². The average Bonchev–Trinajstić information content (AvgIpc) is 3.29. The number of furan rings is 1. The first-order chi connectivity index (χ1) is 16.6. The number of carbonyl (C=O) groups excluding carboxylic acids is 3. The molecule has 1 aromatic carbocycles. The number of ether oxygens (including phenoxy) is 1. The number of amides is 2. The third-order valence-corrected chi connectivity index (χ3v) is 5.44. The fourth-order valence-electron chi connectivity index (χ4n) is 3.25. The first-order valence-corrected chi connectivity index (χ1v) is 11.3. The van der Waals surface area contributed by atoms with Crippen LogP contribution >= 0.6 is 11.6 Å². The molecule has 1 aliphatic rings. The van der Waals surface area contributed by atoms with Crippen molar-refractivity contribution in [1.82, 2.24) is 4.90 Å². The van der Waals surface area contributed by atoms with Crippen LogP contribution < -0.4 is 0 Å². The summed E-state index contributed by atoms with van der Waals surface area (Å²) in [6.45, 7) is 7.67. The largest absolute Gasteiger partial charge is 0.468 e. The van der Waals surface area contributed by atoms with Crippen LogP contribution in [0.15, 0.2) is 51.5 Å². The van der Waals surface area contributed by atoms with Crippen molar-refractivity contribution in [2.24, 2.45) is 0 Å². The van der Waals surface area contributed by atoms with Gasteiger partial charge >= 0.3 is 0 Å². The topological polar surface area (TPSA) is 121 Å². The molecule has 0 aliphatic carbocycles. The van der Waals surface area contributed by atoms with Crippen molar-refractivity contribution < 1.29 is 28.6 Å². The minimum atomic E-state index is -0.911. The summed E-state index contributed by atoms with van der Waals surface area (Å²) in [5.74, 6) is -0.282. The molecule has 2 amide bonds. The van der Waals surface area contributed by atoms with Gasteiger partial charge in [0.15, 0.2) is 0 Å². The van der Waals surface area contributed by atoms with Crippen LogP contribution in [0, 0.1) is 18.3 Å². The standard InChI is InChI=1S/C22H19ClN2O4.C4H8O2/c1-12-8-15(4-6-19(12)23)20-7-5-16(29-20)9-17-14(3)18(10-24)22(28)25(21(17)27)11-13(2)26;1-2-3-6-4-5/h4-9,13,26H,11H2,1-3H3;4H,2-3H2,1H3/b17-9+;. The molecule has 9 heteroatoms. The maximum absolute atomic E-state index is 12.8. The van der Waals surface area contributed by atoms with Crippen LogP contribution in [0.5, 0.6) is 0 Å². The van der Waals surface area contributed by atoms with Crippen molar-refractivity contribution in [3.05, 3.63) is 63.4 Å². The van der Waals surface area contributed by atoms with Gasteiger partial charge in [-0.05, 0) is 74.7 Å². The zero-order valence-corrected chi connectivity index (χ0v) is 20.8. The van der Waals surface area contributed by atoms with Crippen LogP contribution in [0.1, 0.15) is 38.5 Å². The molecule has 1 aromatic heterocycles. The van der Waals surface area contributed by atoms with Crippen molar-refractivity contribution >= 4 is 36.0 Å². The SMILES string of the molecule is CC1=C(C#N)C(=O)N(CC(C)O)C(=O)/C1=C/c1ccc(-c2ccc(Cl)c(C)c2)o1.CCCOC=O. The lowest BCUT2D eigenvalue weighted by atomic mass is 9.94.